The third kappa shape index (κ3) is 4.34. The Morgan fingerprint density at radius 2 is 2.12 bits per heavy atom. The van der Waals surface area contributed by atoms with Crippen molar-refractivity contribution in [3.63, 3.8) is 0 Å². The van der Waals surface area contributed by atoms with Gasteiger partial charge in [0.05, 0.1) is 11.2 Å². The van der Waals surface area contributed by atoms with Crippen molar-refractivity contribution in [2.75, 3.05) is 0 Å². The van der Waals surface area contributed by atoms with Crippen molar-refractivity contribution in [1.29, 1.82) is 0 Å². The summed E-state index contributed by atoms with van der Waals surface area (Å²) in [5.41, 5.74) is 1.35. The zero-order chi connectivity index (χ0) is 13.1. The summed E-state index contributed by atoms with van der Waals surface area (Å²) in [6, 6.07) is 4.90. The maximum atomic E-state index is 11.3. The van der Waals surface area contributed by atoms with Gasteiger partial charge in [0.15, 0.2) is 0 Å². The van der Waals surface area contributed by atoms with Crippen LogP contribution in [0.1, 0.15) is 19.4 Å². The van der Waals surface area contributed by atoms with E-state index < -0.39 is 11.5 Å². The van der Waals surface area contributed by atoms with Crippen LogP contribution < -0.4 is 5.43 Å². The van der Waals surface area contributed by atoms with E-state index in [2.05, 4.69) is 10.5 Å². The van der Waals surface area contributed by atoms with Gasteiger partial charge >= 0.3 is 0 Å². The van der Waals surface area contributed by atoms with Crippen molar-refractivity contribution in [2.24, 2.45) is 5.10 Å². The number of nitrogens with one attached hydrogen (secondary N) is 1. The molecule has 1 amide bonds. The van der Waals surface area contributed by atoms with E-state index in [0.29, 0.717) is 15.6 Å². The molecule has 0 bridgehead atoms. The molecule has 1 rings (SSSR count). The molecule has 0 saturated carbocycles. The number of amides is 1. The molecule has 0 aliphatic carbocycles. The summed E-state index contributed by atoms with van der Waals surface area (Å²) >= 11 is 11.6. The van der Waals surface area contributed by atoms with Gasteiger partial charge in [0, 0.05) is 10.6 Å². The summed E-state index contributed by atoms with van der Waals surface area (Å²) in [4.78, 5) is 11.3. The summed E-state index contributed by atoms with van der Waals surface area (Å²) in [5.74, 6) is -0.598. The van der Waals surface area contributed by atoms with Gasteiger partial charge in [-0.1, -0.05) is 29.3 Å². The second-order valence-electron chi connectivity index (χ2n) is 3.92. The van der Waals surface area contributed by atoms with Crippen LogP contribution in [0.15, 0.2) is 23.3 Å². The highest BCUT2D eigenvalue weighted by molar-refractivity contribution is 6.36. The lowest BCUT2D eigenvalue weighted by Crippen LogP contribution is -2.39. The van der Waals surface area contributed by atoms with Crippen molar-refractivity contribution < 1.29 is 9.90 Å². The summed E-state index contributed by atoms with van der Waals surface area (Å²) in [6.07, 6.45) is 1.38. The maximum absolute atomic E-state index is 11.3. The Morgan fingerprint density at radius 1 is 1.47 bits per heavy atom. The van der Waals surface area contributed by atoms with Crippen molar-refractivity contribution in [3.8, 4) is 0 Å². The SMILES string of the molecule is CC(C)(O)C(=O)NN=Cc1ccc(Cl)cc1Cl. The second-order valence-corrected chi connectivity index (χ2v) is 4.77. The quantitative estimate of drug-likeness (QED) is 0.656. The molecular weight excluding hydrogens is 263 g/mol. The Labute approximate surface area is 109 Å². The lowest BCUT2D eigenvalue weighted by Gasteiger charge is -2.13. The monoisotopic (exact) mass is 274 g/mol. The smallest absolute Gasteiger partial charge is 0.271 e. The van der Waals surface area contributed by atoms with Crippen molar-refractivity contribution in [2.45, 2.75) is 19.4 Å². The van der Waals surface area contributed by atoms with Crippen LogP contribution >= 0.6 is 23.2 Å². The molecule has 0 spiro atoms. The first kappa shape index (κ1) is 14.0. The largest absolute Gasteiger partial charge is 0.381 e. The van der Waals surface area contributed by atoms with Gasteiger partial charge in [-0.15, -0.1) is 0 Å². The third-order valence-electron chi connectivity index (χ3n) is 1.89. The van der Waals surface area contributed by atoms with E-state index in [1.54, 1.807) is 18.2 Å². The summed E-state index contributed by atoms with van der Waals surface area (Å²) in [7, 11) is 0. The van der Waals surface area contributed by atoms with Gasteiger partial charge in [-0.25, -0.2) is 5.43 Å². The molecule has 4 nitrogen and oxygen atoms in total. The molecule has 2 N–H and O–H groups in total. The molecule has 1 aromatic carbocycles. The molecule has 1 aromatic rings. The Morgan fingerprint density at radius 3 is 2.65 bits per heavy atom. The van der Waals surface area contributed by atoms with Crippen LogP contribution in [-0.2, 0) is 4.79 Å². The van der Waals surface area contributed by atoms with Gasteiger partial charge < -0.3 is 5.11 Å². The molecule has 92 valence electrons. The average Bonchev–Trinajstić information content (AvgIpc) is 2.19. The number of rotatable bonds is 3. The number of hydrogen-bond donors (Lipinski definition) is 2. The predicted molar refractivity (Wildman–Crippen MR) is 68.5 cm³/mol. The lowest BCUT2D eigenvalue weighted by atomic mass is 10.1. The molecule has 0 unspecified atom stereocenters. The average molecular weight is 275 g/mol. The molecule has 0 aliphatic rings. The minimum atomic E-state index is -1.47. The number of aliphatic hydroxyl groups is 1. The van der Waals surface area contributed by atoms with Gasteiger partial charge in [-0.05, 0) is 26.0 Å². The van der Waals surface area contributed by atoms with E-state index in [1.807, 2.05) is 0 Å². The van der Waals surface area contributed by atoms with Gasteiger partial charge in [-0.2, -0.15) is 5.10 Å². The first-order valence-corrected chi connectivity index (χ1v) is 5.57. The van der Waals surface area contributed by atoms with Crippen LogP contribution in [0.2, 0.25) is 10.0 Å². The highest BCUT2D eigenvalue weighted by Crippen LogP contribution is 2.19. The van der Waals surface area contributed by atoms with E-state index in [9.17, 15) is 9.90 Å². The molecule has 0 fully saturated rings. The first-order chi connectivity index (χ1) is 7.80. The highest BCUT2D eigenvalue weighted by Gasteiger charge is 2.22. The standard InChI is InChI=1S/C11H12Cl2N2O2/c1-11(2,17)10(16)15-14-6-7-3-4-8(12)5-9(7)13/h3-6,17H,1-2H3,(H,15,16). The topological polar surface area (TPSA) is 61.7 Å². The first-order valence-electron chi connectivity index (χ1n) is 4.81. The fourth-order valence-electron chi connectivity index (χ4n) is 0.903. The fraction of sp³-hybridized carbons (Fsp3) is 0.273. The number of carbonyl (C=O) groups excluding carboxylic acids is 1. The van der Waals surface area contributed by atoms with Crippen molar-refractivity contribution in [3.05, 3.63) is 33.8 Å². The lowest BCUT2D eigenvalue weighted by molar-refractivity contribution is -0.136. The van der Waals surface area contributed by atoms with E-state index in [-0.39, 0.29) is 0 Å². The number of hydrogen-bond acceptors (Lipinski definition) is 3. The van der Waals surface area contributed by atoms with Gasteiger partial charge in [-0.3, -0.25) is 4.79 Å². The third-order valence-corrected chi connectivity index (χ3v) is 2.45. The molecule has 0 aromatic heterocycles. The number of halogens is 2. The van der Waals surface area contributed by atoms with Gasteiger partial charge in [0.25, 0.3) is 5.91 Å². The zero-order valence-electron chi connectivity index (χ0n) is 9.37. The summed E-state index contributed by atoms with van der Waals surface area (Å²) < 4.78 is 0. The normalized spacial score (nSPS) is 11.8. The predicted octanol–water partition coefficient (Wildman–Crippen LogP) is 2.21. The Kier molecular flexibility index (Phi) is 4.51. The van der Waals surface area contributed by atoms with Crippen molar-refractivity contribution >= 4 is 35.3 Å². The van der Waals surface area contributed by atoms with Gasteiger partial charge in [0.1, 0.15) is 5.60 Å². The van der Waals surface area contributed by atoms with Crippen LogP contribution in [0.4, 0.5) is 0 Å². The van der Waals surface area contributed by atoms with Crippen LogP contribution in [0, 0.1) is 0 Å². The summed E-state index contributed by atoms with van der Waals surface area (Å²) in [5, 5.41) is 14.0. The Bertz CT molecular complexity index is 453. The van der Waals surface area contributed by atoms with Crippen molar-refractivity contribution in [1.82, 2.24) is 5.43 Å². The minimum absolute atomic E-state index is 0.429. The molecule has 6 heteroatoms. The number of nitrogens with zero attached hydrogens (tertiary/aromatic N) is 1. The minimum Gasteiger partial charge on any atom is -0.381 e. The number of hydrazone groups is 1. The Hall–Kier alpha value is -1.10. The summed E-state index contributed by atoms with van der Waals surface area (Å²) in [6.45, 7) is 2.74. The molecule has 0 aliphatic heterocycles. The van der Waals surface area contributed by atoms with E-state index in [4.69, 9.17) is 23.2 Å². The van der Waals surface area contributed by atoms with Crippen LogP contribution in [0.3, 0.4) is 0 Å². The number of carbonyl (C=O) groups is 1. The molecular formula is C11H12Cl2N2O2. The molecule has 17 heavy (non-hydrogen) atoms. The number of benzene rings is 1. The highest BCUT2D eigenvalue weighted by atomic mass is 35.5. The second kappa shape index (κ2) is 5.49. The molecule has 0 atom stereocenters. The molecule has 0 saturated heterocycles. The zero-order valence-corrected chi connectivity index (χ0v) is 10.9. The van der Waals surface area contributed by atoms with Crippen LogP contribution in [0.25, 0.3) is 0 Å². The maximum Gasteiger partial charge on any atom is 0.271 e. The molecule has 0 heterocycles. The van der Waals surface area contributed by atoms with Gasteiger partial charge in [0.2, 0.25) is 0 Å². The van der Waals surface area contributed by atoms with E-state index >= 15 is 0 Å². The van der Waals surface area contributed by atoms with Crippen LogP contribution in [-0.4, -0.2) is 22.8 Å². The fourth-order valence-corrected chi connectivity index (χ4v) is 1.36. The molecule has 0 radical (unpaired) electrons. The van der Waals surface area contributed by atoms with Crippen LogP contribution in [0.5, 0.6) is 0 Å². The van der Waals surface area contributed by atoms with E-state index in [0.717, 1.165) is 0 Å². The van der Waals surface area contributed by atoms with E-state index in [1.165, 1.54) is 20.1 Å². The Balaban J connectivity index is 2.69.